The van der Waals surface area contributed by atoms with E-state index in [1.54, 1.807) is 18.0 Å². The van der Waals surface area contributed by atoms with Crippen molar-refractivity contribution in [2.75, 3.05) is 20.2 Å². The number of carbonyl (C=O) groups is 1. The van der Waals surface area contributed by atoms with E-state index in [-0.39, 0.29) is 5.91 Å². The van der Waals surface area contributed by atoms with Crippen LogP contribution in [0.5, 0.6) is 0 Å². The smallest absolute Gasteiger partial charge is 0.253 e. The fourth-order valence-corrected chi connectivity index (χ4v) is 4.52. The van der Waals surface area contributed by atoms with Gasteiger partial charge >= 0.3 is 0 Å². The Bertz CT molecular complexity index is 1010. The number of nitrogens with zero attached hydrogens (tertiary/aromatic N) is 1. The van der Waals surface area contributed by atoms with E-state index in [1.807, 2.05) is 37.3 Å². The fraction of sp³-hybridized carbons (Fsp3) is 0.458. The predicted octanol–water partition coefficient (Wildman–Crippen LogP) is 0.166. The van der Waals surface area contributed by atoms with E-state index in [0.717, 1.165) is 28.7 Å². The Balaban J connectivity index is 1.61. The molecule has 2 heterocycles. The van der Waals surface area contributed by atoms with Crippen LogP contribution in [0.2, 0.25) is 0 Å². The maximum absolute atomic E-state index is 12.5. The molecule has 3 unspecified atom stereocenters. The number of aliphatic hydroxyl groups excluding tert-OH is 5. The van der Waals surface area contributed by atoms with Gasteiger partial charge in [0, 0.05) is 19.2 Å². The average Bonchev–Trinajstić information content (AvgIpc) is 2.79. The van der Waals surface area contributed by atoms with Gasteiger partial charge in [0.2, 0.25) is 0 Å². The Morgan fingerprint density at radius 3 is 2.44 bits per heavy atom. The summed E-state index contributed by atoms with van der Waals surface area (Å²) in [5.41, 5.74) is 4.70. The first-order chi connectivity index (χ1) is 15.2. The van der Waals surface area contributed by atoms with Gasteiger partial charge in [0.05, 0.1) is 6.61 Å². The maximum atomic E-state index is 12.5. The number of amides is 1. The minimum atomic E-state index is -1.55. The van der Waals surface area contributed by atoms with Crippen LogP contribution in [0.25, 0.3) is 11.1 Å². The molecule has 6 atom stereocenters. The van der Waals surface area contributed by atoms with Crippen molar-refractivity contribution in [1.29, 1.82) is 0 Å². The molecule has 2 aromatic carbocycles. The van der Waals surface area contributed by atoms with Gasteiger partial charge in [-0.15, -0.1) is 0 Å². The van der Waals surface area contributed by atoms with E-state index in [2.05, 4.69) is 0 Å². The molecule has 32 heavy (non-hydrogen) atoms. The molecule has 0 saturated carbocycles. The van der Waals surface area contributed by atoms with Gasteiger partial charge in [-0.3, -0.25) is 4.79 Å². The molecule has 5 N–H and O–H groups in total. The second-order valence-electron chi connectivity index (χ2n) is 8.66. The predicted molar refractivity (Wildman–Crippen MR) is 116 cm³/mol. The van der Waals surface area contributed by atoms with Crippen LogP contribution in [0, 0.1) is 6.92 Å². The van der Waals surface area contributed by atoms with Gasteiger partial charge in [-0.25, -0.2) is 0 Å². The van der Waals surface area contributed by atoms with Gasteiger partial charge < -0.3 is 35.2 Å². The Morgan fingerprint density at radius 1 is 1.06 bits per heavy atom. The fourth-order valence-electron chi connectivity index (χ4n) is 4.52. The number of benzene rings is 2. The van der Waals surface area contributed by atoms with Crippen LogP contribution in [0.3, 0.4) is 0 Å². The summed E-state index contributed by atoms with van der Waals surface area (Å²) >= 11 is 0. The number of ether oxygens (including phenoxy) is 1. The minimum absolute atomic E-state index is 0.000480. The van der Waals surface area contributed by atoms with E-state index < -0.39 is 43.2 Å². The van der Waals surface area contributed by atoms with Crippen molar-refractivity contribution in [3.63, 3.8) is 0 Å². The lowest BCUT2D eigenvalue weighted by Crippen LogP contribution is -2.59. The van der Waals surface area contributed by atoms with Gasteiger partial charge in [-0.2, -0.15) is 0 Å². The van der Waals surface area contributed by atoms with E-state index in [0.29, 0.717) is 17.7 Å². The van der Waals surface area contributed by atoms with E-state index in [9.17, 15) is 30.3 Å². The first-order valence-corrected chi connectivity index (χ1v) is 10.7. The van der Waals surface area contributed by atoms with Crippen LogP contribution >= 0.6 is 0 Å². The molecule has 8 heteroatoms. The van der Waals surface area contributed by atoms with Gasteiger partial charge in [0.25, 0.3) is 5.91 Å². The van der Waals surface area contributed by atoms with Crippen LogP contribution in [0.15, 0.2) is 36.4 Å². The largest absolute Gasteiger partial charge is 0.394 e. The third kappa shape index (κ3) is 3.94. The van der Waals surface area contributed by atoms with Crippen molar-refractivity contribution in [1.82, 2.24) is 4.90 Å². The number of fused-ring (bicyclic) bond motifs is 1. The second-order valence-corrected chi connectivity index (χ2v) is 8.66. The topological polar surface area (TPSA) is 131 Å². The van der Waals surface area contributed by atoms with Crippen molar-refractivity contribution >= 4 is 5.91 Å². The summed E-state index contributed by atoms with van der Waals surface area (Å²) in [6.45, 7) is 1.95. The Kier molecular flexibility index (Phi) is 6.35. The van der Waals surface area contributed by atoms with E-state index in [4.69, 9.17) is 4.74 Å². The highest BCUT2D eigenvalue weighted by molar-refractivity contribution is 5.97. The summed E-state index contributed by atoms with van der Waals surface area (Å²) in [7, 11) is 1.79. The van der Waals surface area contributed by atoms with Crippen molar-refractivity contribution in [3.8, 4) is 11.1 Å². The summed E-state index contributed by atoms with van der Waals surface area (Å²) in [6.07, 6.45) is -7.31. The Hall–Kier alpha value is -2.33. The summed E-state index contributed by atoms with van der Waals surface area (Å²) in [6, 6.07) is 11.2. The Labute approximate surface area is 186 Å². The number of rotatable bonds is 4. The molecule has 2 aromatic rings. The highest BCUT2D eigenvalue weighted by Gasteiger charge is 2.46. The molecule has 172 valence electrons. The first kappa shape index (κ1) is 22.8. The second kappa shape index (κ2) is 8.90. The number of hydrogen-bond donors (Lipinski definition) is 5. The third-order valence-electron chi connectivity index (χ3n) is 6.57. The lowest BCUT2D eigenvalue weighted by atomic mass is 9.87. The number of aryl methyl sites for hydroxylation is 1. The summed E-state index contributed by atoms with van der Waals surface area (Å²) in [5.74, 6) is -0.000480. The minimum Gasteiger partial charge on any atom is -0.394 e. The highest BCUT2D eigenvalue weighted by Crippen LogP contribution is 2.34. The molecule has 8 nitrogen and oxygen atoms in total. The zero-order valence-electron chi connectivity index (χ0n) is 18.0. The Morgan fingerprint density at radius 2 is 1.75 bits per heavy atom. The zero-order valence-corrected chi connectivity index (χ0v) is 18.0. The molecule has 1 amide bonds. The van der Waals surface area contributed by atoms with Crippen LogP contribution in [0.1, 0.15) is 33.2 Å². The molecule has 0 aromatic heterocycles. The molecular weight excluding hydrogens is 414 g/mol. The van der Waals surface area contributed by atoms with E-state index >= 15 is 0 Å². The maximum Gasteiger partial charge on any atom is 0.253 e. The molecule has 0 bridgehead atoms. The number of hydrogen-bond acceptors (Lipinski definition) is 7. The first-order valence-electron chi connectivity index (χ1n) is 10.7. The SMILES string of the molecule is Cc1cc(-c2ccc3c(c2)C(=O)N(C)CC3)ccc1[C@@H](O)[C@H]1OC(CO)[C@@H](O)C(O)C1O. The summed E-state index contributed by atoms with van der Waals surface area (Å²) in [4.78, 5) is 14.2. The lowest BCUT2D eigenvalue weighted by molar-refractivity contribution is -0.250. The third-order valence-corrected chi connectivity index (χ3v) is 6.57. The van der Waals surface area contributed by atoms with E-state index in [1.165, 1.54) is 0 Å². The number of likely N-dealkylation sites (N-methyl/N-ethyl adjacent to an activating group) is 1. The molecule has 2 aliphatic rings. The summed E-state index contributed by atoms with van der Waals surface area (Å²) in [5, 5.41) is 50.6. The standard InChI is InChI=1S/C24H29NO7/c1-12-9-14(15-4-3-13-7-8-25(2)24(31)17(13)10-15)5-6-16(12)19(27)23-22(30)21(29)20(28)18(11-26)32-23/h3-6,9-10,18-23,26-30H,7-8,11H2,1-2H3/t18?,19-,20-,21?,22?,23-/m1/s1. The molecule has 1 saturated heterocycles. The normalized spacial score (nSPS) is 29.0. The quantitative estimate of drug-likeness (QED) is 0.455. The molecule has 1 fully saturated rings. The van der Waals surface area contributed by atoms with Gasteiger partial charge in [0.1, 0.15) is 36.6 Å². The highest BCUT2D eigenvalue weighted by atomic mass is 16.6. The average molecular weight is 443 g/mol. The van der Waals surface area contributed by atoms with Gasteiger partial charge in [-0.05, 0) is 47.2 Å². The van der Waals surface area contributed by atoms with Crippen LogP contribution in [-0.2, 0) is 11.2 Å². The molecule has 0 radical (unpaired) electrons. The molecule has 2 aliphatic heterocycles. The molecule has 0 spiro atoms. The van der Waals surface area contributed by atoms with Gasteiger partial charge in [0.15, 0.2) is 0 Å². The zero-order chi connectivity index (χ0) is 23.2. The molecule has 4 rings (SSSR count). The van der Waals surface area contributed by atoms with Crippen molar-refractivity contribution in [3.05, 3.63) is 58.7 Å². The number of aliphatic hydroxyl groups is 5. The van der Waals surface area contributed by atoms with Gasteiger partial charge in [-0.1, -0.05) is 30.3 Å². The number of carbonyl (C=O) groups excluding carboxylic acids is 1. The molecular formula is C24H29NO7. The molecule has 0 aliphatic carbocycles. The summed E-state index contributed by atoms with van der Waals surface area (Å²) < 4.78 is 5.50. The lowest BCUT2D eigenvalue weighted by Gasteiger charge is -2.42. The van der Waals surface area contributed by atoms with Crippen molar-refractivity contribution in [2.45, 2.75) is 50.0 Å². The van der Waals surface area contributed by atoms with Crippen molar-refractivity contribution < 1.29 is 35.1 Å². The van der Waals surface area contributed by atoms with Crippen molar-refractivity contribution in [2.24, 2.45) is 0 Å². The monoisotopic (exact) mass is 443 g/mol. The van der Waals surface area contributed by atoms with Crippen LogP contribution < -0.4 is 0 Å². The van der Waals surface area contributed by atoms with Crippen LogP contribution in [0.4, 0.5) is 0 Å². The van der Waals surface area contributed by atoms with Crippen LogP contribution in [-0.4, -0.2) is 87.1 Å².